The second-order valence-electron chi connectivity index (χ2n) is 3.62. The molecule has 0 aliphatic rings. The first-order valence-corrected chi connectivity index (χ1v) is 5.25. The van der Waals surface area contributed by atoms with Crippen LogP contribution in [0.25, 0.3) is 0 Å². The largest absolute Gasteiger partial charge is 0.508 e. The summed E-state index contributed by atoms with van der Waals surface area (Å²) in [7, 11) is 0. The zero-order chi connectivity index (χ0) is 13.0. The van der Waals surface area contributed by atoms with Crippen molar-refractivity contribution >= 4 is 12.3 Å². The van der Waals surface area contributed by atoms with Crippen LogP contribution in [0.5, 0.6) is 11.5 Å². The standard InChI is InChI=1S/C14H10O4/c15-9-10-1-3-11(4-2-10)14(17)18-13-7-5-12(16)6-8-13/h1-9,16H. The molecule has 4 heteroatoms. The molecule has 0 fully saturated rings. The van der Waals surface area contributed by atoms with Gasteiger partial charge in [0.25, 0.3) is 0 Å². The number of carbonyl (C=O) groups excluding carboxylic acids is 2. The van der Waals surface area contributed by atoms with Crippen molar-refractivity contribution in [3.8, 4) is 11.5 Å². The maximum absolute atomic E-state index is 11.7. The lowest BCUT2D eigenvalue weighted by atomic mass is 10.1. The number of aldehydes is 1. The maximum atomic E-state index is 11.7. The van der Waals surface area contributed by atoms with E-state index in [1.165, 1.54) is 36.4 Å². The van der Waals surface area contributed by atoms with Crippen LogP contribution in [0.4, 0.5) is 0 Å². The molecule has 0 saturated carbocycles. The van der Waals surface area contributed by atoms with E-state index in [0.717, 1.165) is 0 Å². The second kappa shape index (κ2) is 5.14. The van der Waals surface area contributed by atoms with Crippen molar-refractivity contribution in [1.29, 1.82) is 0 Å². The summed E-state index contributed by atoms with van der Waals surface area (Å²) >= 11 is 0. The Kier molecular flexibility index (Phi) is 3.38. The highest BCUT2D eigenvalue weighted by molar-refractivity contribution is 5.91. The van der Waals surface area contributed by atoms with Crippen LogP contribution in [0.1, 0.15) is 20.7 Å². The molecule has 0 aromatic heterocycles. The normalized spacial score (nSPS) is 9.78. The Labute approximate surface area is 103 Å². The molecule has 0 saturated heterocycles. The van der Waals surface area contributed by atoms with Crippen molar-refractivity contribution in [2.45, 2.75) is 0 Å². The van der Waals surface area contributed by atoms with Crippen LogP contribution >= 0.6 is 0 Å². The number of phenolic OH excluding ortho intramolecular Hbond substituents is 1. The quantitative estimate of drug-likeness (QED) is 0.510. The molecule has 2 aromatic rings. The predicted octanol–water partition coefficient (Wildman–Crippen LogP) is 2.42. The number of ether oxygens (including phenoxy) is 1. The van der Waals surface area contributed by atoms with E-state index >= 15 is 0 Å². The van der Waals surface area contributed by atoms with Gasteiger partial charge in [0.1, 0.15) is 17.8 Å². The highest BCUT2D eigenvalue weighted by atomic mass is 16.5. The van der Waals surface area contributed by atoms with Gasteiger partial charge in [-0.1, -0.05) is 12.1 Å². The van der Waals surface area contributed by atoms with Crippen molar-refractivity contribution < 1.29 is 19.4 Å². The molecule has 90 valence electrons. The smallest absolute Gasteiger partial charge is 0.343 e. The number of hydrogen-bond acceptors (Lipinski definition) is 4. The number of hydrogen-bond donors (Lipinski definition) is 1. The highest BCUT2D eigenvalue weighted by Crippen LogP contribution is 2.17. The lowest BCUT2D eigenvalue weighted by Gasteiger charge is -2.04. The molecular weight excluding hydrogens is 232 g/mol. The molecule has 0 spiro atoms. The van der Waals surface area contributed by atoms with Gasteiger partial charge < -0.3 is 9.84 Å². The molecule has 1 N–H and O–H groups in total. The molecule has 18 heavy (non-hydrogen) atoms. The molecule has 0 bridgehead atoms. The SMILES string of the molecule is O=Cc1ccc(C(=O)Oc2ccc(O)cc2)cc1. The van der Waals surface area contributed by atoms with Crippen LogP contribution in [-0.4, -0.2) is 17.4 Å². The minimum Gasteiger partial charge on any atom is -0.508 e. The summed E-state index contributed by atoms with van der Waals surface area (Å²) in [6, 6.07) is 12.0. The summed E-state index contributed by atoms with van der Waals surface area (Å²) < 4.78 is 5.09. The van der Waals surface area contributed by atoms with E-state index in [2.05, 4.69) is 0 Å². The van der Waals surface area contributed by atoms with Gasteiger partial charge in [0.15, 0.2) is 0 Å². The van der Waals surface area contributed by atoms with E-state index in [9.17, 15) is 9.59 Å². The van der Waals surface area contributed by atoms with Gasteiger partial charge in [-0.2, -0.15) is 0 Å². The van der Waals surface area contributed by atoms with E-state index in [1.54, 1.807) is 12.1 Å². The van der Waals surface area contributed by atoms with E-state index in [4.69, 9.17) is 9.84 Å². The topological polar surface area (TPSA) is 63.6 Å². The number of benzene rings is 2. The fourth-order valence-corrected chi connectivity index (χ4v) is 1.38. The third-order valence-electron chi connectivity index (χ3n) is 2.33. The van der Waals surface area contributed by atoms with Gasteiger partial charge in [0.05, 0.1) is 5.56 Å². The second-order valence-corrected chi connectivity index (χ2v) is 3.62. The zero-order valence-electron chi connectivity index (χ0n) is 9.37. The van der Waals surface area contributed by atoms with Crippen molar-refractivity contribution in [3.05, 3.63) is 59.7 Å². The third kappa shape index (κ3) is 2.74. The lowest BCUT2D eigenvalue weighted by molar-refractivity contribution is 0.0734. The Balaban J connectivity index is 2.11. The Morgan fingerprint density at radius 1 is 1.00 bits per heavy atom. The van der Waals surface area contributed by atoms with E-state index in [1.807, 2.05) is 0 Å². The molecule has 0 unspecified atom stereocenters. The first-order chi connectivity index (χ1) is 8.69. The van der Waals surface area contributed by atoms with Crippen LogP contribution in [0.2, 0.25) is 0 Å². The Morgan fingerprint density at radius 3 is 2.17 bits per heavy atom. The van der Waals surface area contributed by atoms with Crippen molar-refractivity contribution in [1.82, 2.24) is 0 Å². The molecule has 4 nitrogen and oxygen atoms in total. The summed E-state index contributed by atoms with van der Waals surface area (Å²) in [6.07, 6.45) is 0.703. The summed E-state index contributed by atoms with van der Waals surface area (Å²) in [4.78, 5) is 22.2. The number of aromatic hydroxyl groups is 1. The van der Waals surface area contributed by atoms with Crippen LogP contribution in [0.3, 0.4) is 0 Å². The monoisotopic (exact) mass is 242 g/mol. The van der Waals surface area contributed by atoms with Crippen molar-refractivity contribution in [2.75, 3.05) is 0 Å². The Bertz CT molecular complexity index is 555. The van der Waals surface area contributed by atoms with E-state index in [-0.39, 0.29) is 5.75 Å². The minimum atomic E-state index is -0.516. The molecule has 0 heterocycles. The minimum absolute atomic E-state index is 0.102. The van der Waals surface area contributed by atoms with Gasteiger partial charge in [0.2, 0.25) is 0 Å². The molecule has 2 aromatic carbocycles. The molecule has 0 aliphatic carbocycles. The predicted molar refractivity (Wildman–Crippen MR) is 64.9 cm³/mol. The van der Waals surface area contributed by atoms with E-state index < -0.39 is 5.97 Å². The molecule has 0 aliphatic heterocycles. The first-order valence-electron chi connectivity index (χ1n) is 5.25. The third-order valence-corrected chi connectivity index (χ3v) is 2.33. The number of rotatable bonds is 3. The molecule has 0 amide bonds. The molecular formula is C14H10O4. The highest BCUT2D eigenvalue weighted by Gasteiger charge is 2.08. The van der Waals surface area contributed by atoms with Crippen molar-refractivity contribution in [3.63, 3.8) is 0 Å². The summed E-state index contributed by atoms with van der Waals surface area (Å²) in [5, 5.41) is 9.09. The van der Waals surface area contributed by atoms with Gasteiger partial charge in [-0.3, -0.25) is 4.79 Å². The summed E-state index contributed by atoms with van der Waals surface area (Å²) in [5.74, 6) is -0.0689. The van der Waals surface area contributed by atoms with E-state index in [0.29, 0.717) is 23.2 Å². The van der Waals surface area contributed by atoms with Gasteiger partial charge in [-0.25, -0.2) is 4.79 Å². The fourth-order valence-electron chi connectivity index (χ4n) is 1.38. The average Bonchev–Trinajstić information content (AvgIpc) is 2.41. The average molecular weight is 242 g/mol. The summed E-state index contributed by atoms with van der Waals surface area (Å²) in [6.45, 7) is 0. The van der Waals surface area contributed by atoms with Gasteiger partial charge in [-0.05, 0) is 36.4 Å². The Hall–Kier alpha value is -2.62. The number of phenols is 1. The molecule has 0 radical (unpaired) electrons. The van der Waals surface area contributed by atoms with Crippen LogP contribution in [0, 0.1) is 0 Å². The fraction of sp³-hybridized carbons (Fsp3) is 0. The molecule has 2 rings (SSSR count). The summed E-state index contributed by atoms with van der Waals surface area (Å²) in [5.41, 5.74) is 0.852. The Morgan fingerprint density at radius 2 is 1.61 bits per heavy atom. The maximum Gasteiger partial charge on any atom is 0.343 e. The van der Waals surface area contributed by atoms with Crippen LogP contribution in [-0.2, 0) is 0 Å². The lowest BCUT2D eigenvalue weighted by Crippen LogP contribution is -2.08. The van der Waals surface area contributed by atoms with Gasteiger partial charge in [-0.15, -0.1) is 0 Å². The van der Waals surface area contributed by atoms with Crippen LogP contribution < -0.4 is 4.74 Å². The van der Waals surface area contributed by atoms with Gasteiger partial charge in [0, 0.05) is 5.56 Å². The van der Waals surface area contributed by atoms with Crippen molar-refractivity contribution in [2.24, 2.45) is 0 Å². The molecule has 0 atom stereocenters. The first kappa shape index (κ1) is 11.9. The number of esters is 1. The van der Waals surface area contributed by atoms with Crippen LogP contribution in [0.15, 0.2) is 48.5 Å². The zero-order valence-corrected chi connectivity index (χ0v) is 9.37. The number of carbonyl (C=O) groups is 2. The van der Waals surface area contributed by atoms with Gasteiger partial charge >= 0.3 is 5.97 Å².